The van der Waals surface area contributed by atoms with Gasteiger partial charge in [0.1, 0.15) is 11.6 Å². The normalized spacial score (nSPS) is 19.5. The summed E-state index contributed by atoms with van der Waals surface area (Å²) in [7, 11) is 0. The molecule has 0 bridgehead atoms. The van der Waals surface area contributed by atoms with Crippen LogP contribution in [0.3, 0.4) is 0 Å². The highest BCUT2D eigenvalue weighted by Gasteiger charge is 2.29. The van der Waals surface area contributed by atoms with Gasteiger partial charge in [0.15, 0.2) is 11.5 Å². The Bertz CT molecular complexity index is 960. The quantitative estimate of drug-likeness (QED) is 0.793. The maximum Gasteiger partial charge on any atom is 0.178 e. The van der Waals surface area contributed by atoms with Crippen molar-refractivity contribution < 1.29 is 4.74 Å². The summed E-state index contributed by atoms with van der Waals surface area (Å²) < 4.78 is 7.80. The molecule has 1 fully saturated rings. The van der Waals surface area contributed by atoms with Crippen LogP contribution in [0.15, 0.2) is 24.3 Å². The summed E-state index contributed by atoms with van der Waals surface area (Å²) in [5.41, 5.74) is 4.48. The van der Waals surface area contributed by atoms with Crippen molar-refractivity contribution in [3.05, 3.63) is 46.8 Å². The fourth-order valence-electron chi connectivity index (χ4n) is 3.68. The van der Waals surface area contributed by atoms with E-state index in [4.69, 9.17) is 9.84 Å². The number of nitrogens with zero attached hydrogens (tertiary/aromatic N) is 4. The second kappa shape index (κ2) is 5.44. The lowest BCUT2D eigenvalue weighted by molar-refractivity contribution is 0.272. The summed E-state index contributed by atoms with van der Waals surface area (Å²) in [5.74, 6) is 3.37. The van der Waals surface area contributed by atoms with E-state index < -0.39 is 0 Å². The Morgan fingerprint density at radius 3 is 2.84 bits per heavy atom. The standard InChI is InChI=1S/C19H21N5O/c1-11-9-12(2)18-14(10-11)15(7-8-25-18)20-16-5-6-17-21-22-19(13-3-4-13)24(17)23-16/h5-6,9-10,13,15H,3-4,7-8H2,1-2H3,(H,20,23). The SMILES string of the molecule is Cc1cc(C)c2c(c1)C(Nc1ccc3nnc(C4CC4)n3n1)CCO2. The summed E-state index contributed by atoms with van der Waals surface area (Å²) in [6.45, 7) is 4.96. The average Bonchev–Trinajstić information content (AvgIpc) is 3.35. The van der Waals surface area contributed by atoms with E-state index >= 15 is 0 Å². The monoisotopic (exact) mass is 335 g/mol. The summed E-state index contributed by atoms with van der Waals surface area (Å²) in [6.07, 6.45) is 3.30. The van der Waals surface area contributed by atoms with Gasteiger partial charge >= 0.3 is 0 Å². The molecule has 128 valence electrons. The molecular weight excluding hydrogens is 314 g/mol. The molecule has 1 aliphatic heterocycles. The van der Waals surface area contributed by atoms with Crippen LogP contribution < -0.4 is 10.1 Å². The molecule has 1 atom stereocenters. The highest BCUT2D eigenvalue weighted by molar-refractivity contribution is 5.51. The van der Waals surface area contributed by atoms with Gasteiger partial charge in [-0.1, -0.05) is 17.7 Å². The Labute approximate surface area is 146 Å². The summed E-state index contributed by atoms with van der Waals surface area (Å²) in [4.78, 5) is 0. The fourth-order valence-corrected chi connectivity index (χ4v) is 3.68. The van der Waals surface area contributed by atoms with Gasteiger partial charge in [0.25, 0.3) is 0 Å². The van der Waals surface area contributed by atoms with Crippen LogP contribution >= 0.6 is 0 Å². The molecule has 0 amide bonds. The van der Waals surface area contributed by atoms with Crippen LogP contribution in [0.2, 0.25) is 0 Å². The molecule has 0 radical (unpaired) electrons. The third kappa shape index (κ3) is 2.52. The smallest absolute Gasteiger partial charge is 0.178 e. The van der Waals surface area contributed by atoms with Gasteiger partial charge in [-0.25, -0.2) is 0 Å². The van der Waals surface area contributed by atoms with Gasteiger partial charge in [0, 0.05) is 17.9 Å². The van der Waals surface area contributed by atoms with E-state index in [0.717, 1.165) is 36.1 Å². The predicted octanol–water partition coefficient (Wildman–Crippen LogP) is 3.55. The molecular formula is C19H21N5O. The number of aryl methyl sites for hydroxylation is 2. The van der Waals surface area contributed by atoms with E-state index in [1.807, 2.05) is 16.6 Å². The third-order valence-electron chi connectivity index (χ3n) is 5.03. The minimum absolute atomic E-state index is 0.202. The Kier molecular flexibility index (Phi) is 3.20. The molecule has 1 N–H and O–H groups in total. The average molecular weight is 335 g/mol. The van der Waals surface area contributed by atoms with Crippen molar-refractivity contribution in [2.75, 3.05) is 11.9 Å². The number of fused-ring (bicyclic) bond motifs is 2. The highest BCUT2D eigenvalue weighted by Crippen LogP contribution is 2.39. The van der Waals surface area contributed by atoms with E-state index in [1.165, 1.54) is 29.5 Å². The molecule has 6 nitrogen and oxygen atoms in total. The topological polar surface area (TPSA) is 64.3 Å². The zero-order valence-corrected chi connectivity index (χ0v) is 14.5. The van der Waals surface area contributed by atoms with Crippen LogP contribution in [-0.2, 0) is 0 Å². The number of aromatic nitrogens is 4. The second-order valence-corrected chi connectivity index (χ2v) is 7.16. The minimum atomic E-state index is 0.202. The first kappa shape index (κ1) is 14.7. The van der Waals surface area contributed by atoms with Crippen LogP contribution in [0.5, 0.6) is 5.75 Å². The number of anilines is 1. The summed E-state index contributed by atoms with van der Waals surface area (Å²) >= 11 is 0. The molecule has 5 rings (SSSR count). The van der Waals surface area contributed by atoms with Crippen molar-refractivity contribution in [3.63, 3.8) is 0 Å². The van der Waals surface area contributed by atoms with E-state index in [1.54, 1.807) is 0 Å². The van der Waals surface area contributed by atoms with Gasteiger partial charge in [0.05, 0.1) is 12.6 Å². The van der Waals surface area contributed by atoms with Gasteiger partial charge in [-0.15, -0.1) is 15.3 Å². The Morgan fingerprint density at radius 1 is 1.12 bits per heavy atom. The first-order valence-corrected chi connectivity index (χ1v) is 8.92. The number of nitrogens with one attached hydrogen (secondary N) is 1. The Morgan fingerprint density at radius 2 is 2.00 bits per heavy atom. The van der Waals surface area contributed by atoms with Crippen molar-refractivity contribution in [1.82, 2.24) is 19.8 Å². The number of benzene rings is 1. The van der Waals surface area contributed by atoms with E-state index in [2.05, 4.69) is 41.5 Å². The van der Waals surface area contributed by atoms with Crippen LogP contribution in [0, 0.1) is 13.8 Å². The maximum atomic E-state index is 5.91. The van der Waals surface area contributed by atoms with Crippen molar-refractivity contribution in [2.24, 2.45) is 0 Å². The lowest BCUT2D eigenvalue weighted by Crippen LogP contribution is -2.22. The van der Waals surface area contributed by atoms with Gasteiger partial charge in [-0.3, -0.25) is 0 Å². The van der Waals surface area contributed by atoms with Gasteiger partial charge in [0.2, 0.25) is 0 Å². The predicted molar refractivity (Wildman–Crippen MR) is 95.1 cm³/mol. The molecule has 1 saturated carbocycles. The summed E-state index contributed by atoms with van der Waals surface area (Å²) in [6, 6.07) is 8.55. The van der Waals surface area contributed by atoms with Crippen LogP contribution in [0.25, 0.3) is 5.65 Å². The number of hydrogen-bond donors (Lipinski definition) is 1. The molecule has 2 aromatic heterocycles. The van der Waals surface area contributed by atoms with E-state index in [9.17, 15) is 0 Å². The lowest BCUT2D eigenvalue weighted by atomic mass is 9.96. The highest BCUT2D eigenvalue weighted by atomic mass is 16.5. The second-order valence-electron chi connectivity index (χ2n) is 7.16. The molecule has 6 heteroatoms. The molecule has 1 unspecified atom stereocenters. The zero-order valence-electron chi connectivity index (χ0n) is 14.5. The molecule has 0 spiro atoms. The maximum absolute atomic E-state index is 5.91. The largest absolute Gasteiger partial charge is 0.493 e. The van der Waals surface area contributed by atoms with Crippen molar-refractivity contribution in [3.8, 4) is 5.75 Å². The zero-order chi connectivity index (χ0) is 17.0. The third-order valence-corrected chi connectivity index (χ3v) is 5.03. The van der Waals surface area contributed by atoms with E-state index in [-0.39, 0.29) is 6.04 Å². The molecule has 2 aliphatic rings. The minimum Gasteiger partial charge on any atom is -0.493 e. The number of ether oxygens (including phenoxy) is 1. The van der Waals surface area contributed by atoms with Crippen LogP contribution in [0.1, 0.15) is 53.7 Å². The fraction of sp³-hybridized carbons (Fsp3) is 0.421. The lowest BCUT2D eigenvalue weighted by Gasteiger charge is -2.28. The molecule has 1 aliphatic carbocycles. The van der Waals surface area contributed by atoms with Crippen LogP contribution in [-0.4, -0.2) is 26.4 Å². The van der Waals surface area contributed by atoms with Crippen LogP contribution in [0.4, 0.5) is 5.82 Å². The Hall–Kier alpha value is -2.63. The number of hydrogen-bond acceptors (Lipinski definition) is 5. The number of rotatable bonds is 3. The molecule has 3 aromatic rings. The van der Waals surface area contributed by atoms with Crippen molar-refractivity contribution in [2.45, 2.75) is 45.1 Å². The first-order valence-electron chi connectivity index (χ1n) is 8.92. The Balaban J connectivity index is 1.50. The molecule has 3 heterocycles. The first-order chi connectivity index (χ1) is 12.2. The van der Waals surface area contributed by atoms with E-state index in [0.29, 0.717) is 5.92 Å². The van der Waals surface area contributed by atoms with Gasteiger partial charge in [-0.05, 0) is 44.4 Å². The van der Waals surface area contributed by atoms with Crippen molar-refractivity contribution >= 4 is 11.5 Å². The van der Waals surface area contributed by atoms with Gasteiger partial charge in [-0.2, -0.15) is 4.52 Å². The molecule has 0 saturated heterocycles. The van der Waals surface area contributed by atoms with Crippen molar-refractivity contribution in [1.29, 1.82) is 0 Å². The molecule has 1 aromatic carbocycles. The molecule has 25 heavy (non-hydrogen) atoms. The van der Waals surface area contributed by atoms with Gasteiger partial charge < -0.3 is 10.1 Å². The summed E-state index contributed by atoms with van der Waals surface area (Å²) in [5, 5.41) is 16.9.